The molecule has 1 aromatic heterocycles. The number of nitrogens with zero attached hydrogens (tertiary/aromatic N) is 3. The van der Waals surface area contributed by atoms with Crippen LogP contribution in [0.5, 0.6) is 0 Å². The van der Waals surface area contributed by atoms with Crippen LogP contribution in [0, 0.1) is 0 Å². The van der Waals surface area contributed by atoms with Crippen LogP contribution in [0.15, 0.2) is 54.9 Å². The lowest BCUT2D eigenvalue weighted by atomic mass is 10.0. The molecule has 4 rings (SSSR count). The minimum atomic E-state index is -0.341. The number of benzene rings is 2. The molecule has 2 heterocycles. The Labute approximate surface area is 159 Å². The van der Waals surface area contributed by atoms with Crippen LogP contribution < -0.4 is 0 Å². The summed E-state index contributed by atoms with van der Waals surface area (Å²) in [5, 5.41) is 6.88. The monoisotopic (exact) mass is 363 g/mol. The van der Waals surface area contributed by atoms with Gasteiger partial charge in [0.25, 0.3) is 0 Å². The predicted molar refractivity (Wildman–Crippen MR) is 106 cm³/mol. The first-order valence-electron chi connectivity index (χ1n) is 9.49. The van der Waals surface area contributed by atoms with E-state index in [1.165, 1.54) is 10.8 Å². The van der Waals surface area contributed by atoms with E-state index in [1.54, 1.807) is 4.68 Å². The summed E-state index contributed by atoms with van der Waals surface area (Å²) in [7, 11) is 0. The van der Waals surface area contributed by atoms with E-state index < -0.39 is 0 Å². The SMILES string of the molecule is CC1CN(C(=O)C(C)n2cc(-c3cccc4ccccc34)cn2)CC(C)O1. The number of ether oxygens (including phenoxy) is 1. The van der Waals surface area contributed by atoms with E-state index in [0.717, 1.165) is 11.1 Å². The van der Waals surface area contributed by atoms with Crippen LogP contribution >= 0.6 is 0 Å². The summed E-state index contributed by atoms with van der Waals surface area (Å²) in [6.45, 7) is 7.18. The van der Waals surface area contributed by atoms with Gasteiger partial charge in [-0.2, -0.15) is 5.10 Å². The number of hydrogen-bond acceptors (Lipinski definition) is 3. The molecule has 2 aromatic carbocycles. The molecule has 3 aromatic rings. The predicted octanol–water partition coefficient (Wildman–Crippen LogP) is 3.90. The first kappa shape index (κ1) is 17.7. The lowest BCUT2D eigenvalue weighted by Gasteiger charge is -2.36. The van der Waals surface area contributed by atoms with Gasteiger partial charge in [0.05, 0.1) is 18.4 Å². The molecule has 3 unspecified atom stereocenters. The first-order chi connectivity index (χ1) is 13.0. The quantitative estimate of drug-likeness (QED) is 0.709. The van der Waals surface area contributed by atoms with Crippen LogP contribution in [-0.2, 0) is 9.53 Å². The zero-order valence-electron chi connectivity index (χ0n) is 16.0. The summed E-state index contributed by atoms with van der Waals surface area (Å²) in [5.74, 6) is 0.0876. The molecule has 1 aliphatic heterocycles. The summed E-state index contributed by atoms with van der Waals surface area (Å²) in [6, 6.07) is 14.2. The Morgan fingerprint density at radius 3 is 2.59 bits per heavy atom. The van der Waals surface area contributed by atoms with Gasteiger partial charge in [0.15, 0.2) is 0 Å². The number of hydrogen-bond donors (Lipinski definition) is 0. The fraction of sp³-hybridized carbons (Fsp3) is 0.364. The Hall–Kier alpha value is -2.66. The van der Waals surface area contributed by atoms with Gasteiger partial charge in [-0.1, -0.05) is 42.5 Å². The molecule has 0 radical (unpaired) electrons. The van der Waals surface area contributed by atoms with Crippen LogP contribution in [-0.4, -0.2) is 45.9 Å². The average molecular weight is 363 g/mol. The molecular formula is C22H25N3O2. The van der Waals surface area contributed by atoms with Crippen molar-refractivity contribution in [3.63, 3.8) is 0 Å². The number of amides is 1. The van der Waals surface area contributed by atoms with E-state index in [-0.39, 0.29) is 24.2 Å². The van der Waals surface area contributed by atoms with E-state index in [9.17, 15) is 4.79 Å². The lowest BCUT2D eigenvalue weighted by molar-refractivity contribution is -0.146. The van der Waals surface area contributed by atoms with Crippen LogP contribution in [0.25, 0.3) is 21.9 Å². The molecular weight excluding hydrogens is 338 g/mol. The zero-order valence-corrected chi connectivity index (χ0v) is 16.0. The number of rotatable bonds is 3. The highest BCUT2D eigenvalue weighted by molar-refractivity contribution is 5.96. The topological polar surface area (TPSA) is 47.4 Å². The summed E-state index contributed by atoms with van der Waals surface area (Å²) >= 11 is 0. The van der Waals surface area contributed by atoms with Crippen molar-refractivity contribution < 1.29 is 9.53 Å². The molecule has 5 nitrogen and oxygen atoms in total. The third kappa shape index (κ3) is 3.47. The van der Waals surface area contributed by atoms with Crippen molar-refractivity contribution in [1.29, 1.82) is 0 Å². The Kier molecular flexibility index (Phi) is 4.70. The Balaban J connectivity index is 1.59. The highest BCUT2D eigenvalue weighted by atomic mass is 16.5. The Bertz CT molecular complexity index is 950. The molecule has 1 amide bonds. The minimum absolute atomic E-state index is 0.0637. The van der Waals surface area contributed by atoms with Crippen molar-refractivity contribution in [3.8, 4) is 11.1 Å². The molecule has 5 heteroatoms. The number of carbonyl (C=O) groups excluding carboxylic acids is 1. The van der Waals surface area contributed by atoms with Gasteiger partial charge in [-0.3, -0.25) is 9.48 Å². The maximum absolute atomic E-state index is 13.0. The largest absolute Gasteiger partial charge is 0.372 e. The second kappa shape index (κ2) is 7.16. The normalized spacial score (nSPS) is 21.4. The van der Waals surface area contributed by atoms with Gasteiger partial charge in [0.2, 0.25) is 5.91 Å². The second-order valence-electron chi connectivity index (χ2n) is 7.41. The molecule has 0 N–H and O–H groups in total. The Morgan fingerprint density at radius 1 is 1.11 bits per heavy atom. The van der Waals surface area contributed by atoms with Gasteiger partial charge < -0.3 is 9.64 Å². The van der Waals surface area contributed by atoms with Crippen molar-refractivity contribution in [3.05, 3.63) is 54.9 Å². The van der Waals surface area contributed by atoms with Gasteiger partial charge in [-0.05, 0) is 37.1 Å². The van der Waals surface area contributed by atoms with Gasteiger partial charge in [-0.15, -0.1) is 0 Å². The molecule has 0 bridgehead atoms. The maximum atomic E-state index is 13.0. The summed E-state index contributed by atoms with van der Waals surface area (Å²) in [4.78, 5) is 14.8. The van der Waals surface area contributed by atoms with Crippen LogP contribution in [0.1, 0.15) is 26.8 Å². The molecule has 1 saturated heterocycles. The summed E-state index contributed by atoms with van der Waals surface area (Å²) in [6.07, 6.45) is 3.94. The standard InChI is InChI=1S/C22H25N3O2/c1-15-12-24(13-16(2)27-15)22(26)17(3)25-14-19(11-23-25)21-10-6-8-18-7-4-5-9-20(18)21/h4-11,14-17H,12-13H2,1-3H3. The number of aromatic nitrogens is 2. The zero-order chi connectivity index (χ0) is 19.0. The second-order valence-corrected chi connectivity index (χ2v) is 7.41. The van der Waals surface area contributed by atoms with Crippen LogP contribution in [0.3, 0.4) is 0 Å². The minimum Gasteiger partial charge on any atom is -0.372 e. The number of fused-ring (bicyclic) bond motifs is 1. The molecule has 0 spiro atoms. The van der Waals surface area contributed by atoms with E-state index in [4.69, 9.17) is 4.74 Å². The highest BCUT2D eigenvalue weighted by Crippen LogP contribution is 2.29. The average Bonchev–Trinajstić information content (AvgIpc) is 3.15. The Morgan fingerprint density at radius 2 is 1.81 bits per heavy atom. The summed E-state index contributed by atoms with van der Waals surface area (Å²) in [5.41, 5.74) is 2.16. The molecule has 27 heavy (non-hydrogen) atoms. The molecule has 1 fully saturated rings. The first-order valence-corrected chi connectivity index (χ1v) is 9.49. The van der Waals surface area contributed by atoms with Crippen molar-refractivity contribution >= 4 is 16.7 Å². The van der Waals surface area contributed by atoms with Crippen molar-refractivity contribution in [2.24, 2.45) is 0 Å². The van der Waals surface area contributed by atoms with Crippen molar-refractivity contribution in [2.75, 3.05) is 13.1 Å². The third-order valence-corrected chi connectivity index (χ3v) is 5.19. The van der Waals surface area contributed by atoms with Crippen LogP contribution in [0.4, 0.5) is 0 Å². The van der Waals surface area contributed by atoms with Gasteiger partial charge in [0, 0.05) is 24.8 Å². The fourth-order valence-electron chi connectivity index (χ4n) is 3.90. The third-order valence-electron chi connectivity index (χ3n) is 5.19. The molecule has 1 aliphatic rings. The smallest absolute Gasteiger partial charge is 0.247 e. The van der Waals surface area contributed by atoms with Crippen molar-refractivity contribution in [2.45, 2.75) is 39.0 Å². The fourth-order valence-corrected chi connectivity index (χ4v) is 3.90. The molecule has 0 aliphatic carbocycles. The van der Waals surface area contributed by atoms with E-state index in [0.29, 0.717) is 13.1 Å². The molecule has 0 saturated carbocycles. The number of carbonyl (C=O) groups is 1. The van der Waals surface area contributed by atoms with E-state index in [2.05, 4.69) is 35.4 Å². The van der Waals surface area contributed by atoms with Crippen LogP contribution in [0.2, 0.25) is 0 Å². The highest BCUT2D eigenvalue weighted by Gasteiger charge is 2.29. The van der Waals surface area contributed by atoms with Gasteiger partial charge >= 0.3 is 0 Å². The number of morpholine rings is 1. The lowest BCUT2D eigenvalue weighted by Crippen LogP contribution is -2.50. The van der Waals surface area contributed by atoms with Crippen molar-refractivity contribution in [1.82, 2.24) is 14.7 Å². The molecule has 3 atom stereocenters. The molecule has 140 valence electrons. The van der Waals surface area contributed by atoms with E-state index >= 15 is 0 Å². The maximum Gasteiger partial charge on any atom is 0.247 e. The van der Waals surface area contributed by atoms with Gasteiger partial charge in [-0.25, -0.2) is 0 Å². The van der Waals surface area contributed by atoms with Gasteiger partial charge in [0.1, 0.15) is 6.04 Å². The summed E-state index contributed by atoms with van der Waals surface area (Å²) < 4.78 is 7.51. The van der Waals surface area contributed by atoms with E-state index in [1.807, 2.05) is 50.2 Å².